The average Bonchev–Trinajstić information content (AvgIpc) is 3.34. The molecule has 0 radical (unpaired) electrons. The van der Waals surface area contributed by atoms with E-state index in [4.69, 9.17) is 4.74 Å². The van der Waals surface area contributed by atoms with Crippen LogP contribution in [0.25, 0.3) is 10.9 Å². The molecule has 2 saturated heterocycles. The maximum atomic E-state index is 15.3. The molecule has 5 rings (SSSR count). The highest BCUT2D eigenvalue weighted by atomic mass is 19.1. The number of aliphatic hydroxyl groups excluding tert-OH is 1. The standard InChI is InChI=1S/C23H29FN6O2/c1-13-6-15-8-25-23(28-20-9-26-29(3)14(20)2)27-19(15)7-17(13)16-4-5-30(10-18(16)24)21-11-32-12-22(21)31/h6-9,16,18,21-22,31H,4-5,10-12H2,1-3H3,(H,25,27,28)/t16?,18?,21?,22-/m1/s1. The smallest absolute Gasteiger partial charge is 0.227 e. The first-order valence-electron chi connectivity index (χ1n) is 11.1. The number of rotatable bonds is 4. The van der Waals surface area contributed by atoms with Crippen molar-refractivity contribution in [1.82, 2.24) is 24.6 Å². The van der Waals surface area contributed by atoms with Crippen molar-refractivity contribution in [2.45, 2.75) is 44.5 Å². The molecule has 0 spiro atoms. The van der Waals surface area contributed by atoms with E-state index in [0.717, 1.165) is 40.0 Å². The predicted molar refractivity (Wildman–Crippen MR) is 120 cm³/mol. The molecule has 32 heavy (non-hydrogen) atoms. The molecule has 1 aromatic carbocycles. The molecule has 0 bridgehead atoms. The zero-order valence-corrected chi connectivity index (χ0v) is 18.6. The predicted octanol–water partition coefficient (Wildman–Crippen LogP) is 2.61. The van der Waals surface area contributed by atoms with Gasteiger partial charge >= 0.3 is 0 Å². The van der Waals surface area contributed by atoms with Gasteiger partial charge in [-0.3, -0.25) is 9.58 Å². The van der Waals surface area contributed by atoms with Gasteiger partial charge in [0.2, 0.25) is 5.95 Å². The van der Waals surface area contributed by atoms with Gasteiger partial charge in [0.15, 0.2) is 0 Å². The topological polar surface area (TPSA) is 88.3 Å². The third-order valence-electron chi connectivity index (χ3n) is 6.91. The lowest BCUT2D eigenvalue weighted by Gasteiger charge is -2.39. The lowest BCUT2D eigenvalue weighted by atomic mass is 9.84. The highest BCUT2D eigenvalue weighted by molar-refractivity contribution is 5.81. The Bertz CT molecular complexity index is 1140. The van der Waals surface area contributed by atoms with Crippen LogP contribution in [0.2, 0.25) is 0 Å². The summed E-state index contributed by atoms with van der Waals surface area (Å²) in [6, 6.07) is 3.94. The zero-order valence-electron chi connectivity index (χ0n) is 18.6. The van der Waals surface area contributed by atoms with Crippen LogP contribution in [0.15, 0.2) is 24.5 Å². The first kappa shape index (κ1) is 21.2. The van der Waals surface area contributed by atoms with Crippen molar-refractivity contribution < 1.29 is 14.2 Å². The lowest BCUT2D eigenvalue weighted by Crippen LogP contribution is -2.50. The monoisotopic (exact) mass is 440 g/mol. The molecule has 0 saturated carbocycles. The fraction of sp³-hybridized carbons (Fsp3) is 0.522. The van der Waals surface area contributed by atoms with Gasteiger partial charge in [0.05, 0.1) is 48.5 Å². The Balaban J connectivity index is 1.39. The molecule has 9 heteroatoms. The SMILES string of the molecule is Cc1cc2cnc(Nc3cnn(C)c3C)nc2cc1C1CCN(C2COC[C@H]2O)CC1F. The summed E-state index contributed by atoms with van der Waals surface area (Å²) in [5, 5.41) is 18.5. The van der Waals surface area contributed by atoms with E-state index in [0.29, 0.717) is 32.1 Å². The second-order valence-electron chi connectivity index (χ2n) is 8.93. The van der Waals surface area contributed by atoms with Crippen molar-refractivity contribution in [1.29, 1.82) is 0 Å². The summed E-state index contributed by atoms with van der Waals surface area (Å²) in [6.07, 6.45) is 2.70. The second-order valence-corrected chi connectivity index (χ2v) is 8.93. The second kappa shape index (κ2) is 8.38. The summed E-state index contributed by atoms with van der Waals surface area (Å²) < 4.78 is 22.5. The number of halogens is 1. The van der Waals surface area contributed by atoms with Crippen molar-refractivity contribution >= 4 is 22.5 Å². The van der Waals surface area contributed by atoms with Crippen molar-refractivity contribution in [3.05, 3.63) is 41.3 Å². The lowest BCUT2D eigenvalue weighted by molar-refractivity contribution is 0.0352. The number of nitrogens with zero attached hydrogens (tertiary/aromatic N) is 5. The third-order valence-corrected chi connectivity index (χ3v) is 6.91. The van der Waals surface area contributed by atoms with Gasteiger partial charge in [-0.05, 0) is 50.1 Å². The molecule has 170 valence electrons. The molecular weight excluding hydrogens is 411 g/mol. The zero-order chi connectivity index (χ0) is 22.4. The van der Waals surface area contributed by atoms with Crippen LogP contribution < -0.4 is 5.32 Å². The number of aryl methyl sites for hydroxylation is 2. The molecular formula is C23H29FN6O2. The molecule has 3 unspecified atom stereocenters. The van der Waals surface area contributed by atoms with Gasteiger partial charge in [0.25, 0.3) is 0 Å². The molecule has 2 fully saturated rings. The molecule has 2 aliphatic rings. The van der Waals surface area contributed by atoms with Crippen molar-refractivity contribution in [2.24, 2.45) is 7.05 Å². The van der Waals surface area contributed by atoms with Gasteiger partial charge < -0.3 is 15.2 Å². The van der Waals surface area contributed by atoms with Gasteiger partial charge in [-0.25, -0.2) is 14.4 Å². The first-order chi connectivity index (χ1) is 15.4. The highest BCUT2D eigenvalue weighted by Crippen LogP contribution is 2.35. The Morgan fingerprint density at radius 3 is 2.75 bits per heavy atom. The van der Waals surface area contributed by atoms with Crippen molar-refractivity contribution in [3.8, 4) is 0 Å². The number of fused-ring (bicyclic) bond motifs is 1. The number of piperidine rings is 1. The Morgan fingerprint density at radius 2 is 2.06 bits per heavy atom. The van der Waals surface area contributed by atoms with E-state index in [1.165, 1.54) is 0 Å². The largest absolute Gasteiger partial charge is 0.389 e. The highest BCUT2D eigenvalue weighted by Gasteiger charge is 2.38. The normalized spacial score (nSPS) is 26.7. The maximum absolute atomic E-state index is 15.3. The van der Waals surface area contributed by atoms with Crippen LogP contribution in [-0.2, 0) is 11.8 Å². The summed E-state index contributed by atoms with van der Waals surface area (Å²) in [5.41, 5.74) is 4.68. The minimum atomic E-state index is -1.01. The fourth-order valence-electron chi connectivity index (χ4n) is 4.87. The van der Waals surface area contributed by atoms with E-state index in [-0.39, 0.29) is 12.0 Å². The van der Waals surface area contributed by atoms with Crippen LogP contribution in [0.4, 0.5) is 16.0 Å². The van der Waals surface area contributed by atoms with Crippen LogP contribution >= 0.6 is 0 Å². The van der Waals surface area contributed by atoms with Gasteiger partial charge in [-0.15, -0.1) is 0 Å². The van der Waals surface area contributed by atoms with Crippen LogP contribution in [0.3, 0.4) is 0 Å². The number of anilines is 2. The Kier molecular flexibility index (Phi) is 5.56. The number of aliphatic hydroxyl groups is 1. The quantitative estimate of drug-likeness (QED) is 0.645. The van der Waals surface area contributed by atoms with Crippen LogP contribution in [0.5, 0.6) is 0 Å². The molecule has 8 nitrogen and oxygen atoms in total. The summed E-state index contributed by atoms with van der Waals surface area (Å²) in [5.74, 6) is 0.298. The van der Waals surface area contributed by atoms with Crippen LogP contribution in [0, 0.1) is 13.8 Å². The summed E-state index contributed by atoms with van der Waals surface area (Å²) >= 11 is 0. The number of hydrogen-bond donors (Lipinski definition) is 2. The number of alkyl halides is 1. The first-order valence-corrected chi connectivity index (χ1v) is 11.1. The molecule has 2 N–H and O–H groups in total. The number of benzene rings is 1. The molecule has 0 amide bonds. The Hall–Kier alpha value is -2.62. The van der Waals surface area contributed by atoms with Crippen molar-refractivity contribution in [2.75, 3.05) is 31.6 Å². The molecule has 2 aliphatic heterocycles. The Morgan fingerprint density at radius 1 is 1.22 bits per heavy atom. The molecule has 3 aromatic rings. The molecule has 4 heterocycles. The van der Waals surface area contributed by atoms with E-state index < -0.39 is 12.3 Å². The van der Waals surface area contributed by atoms with E-state index >= 15 is 4.39 Å². The van der Waals surface area contributed by atoms with Crippen LogP contribution in [-0.4, -0.2) is 74.4 Å². The molecule has 0 aliphatic carbocycles. The minimum absolute atomic E-state index is 0.107. The number of likely N-dealkylation sites (tertiary alicyclic amines) is 1. The Labute approximate surface area is 186 Å². The minimum Gasteiger partial charge on any atom is -0.389 e. The van der Waals surface area contributed by atoms with E-state index in [1.807, 2.05) is 37.9 Å². The summed E-state index contributed by atoms with van der Waals surface area (Å²) in [7, 11) is 1.88. The van der Waals surface area contributed by atoms with Gasteiger partial charge in [0, 0.05) is 31.1 Å². The molecule has 4 atom stereocenters. The van der Waals surface area contributed by atoms with E-state index in [1.54, 1.807) is 17.1 Å². The summed E-state index contributed by atoms with van der Waals surface area (Å²) in [6.45, 7) is 5.85. The molecule has 2 aromatic heterocycles. The number of ether oxygens (including phenoxy) is 1. The van der Waals surface area contributed by atoms with Crippen molar-refractivity contribution in [3.63, 3.8) is 0 Å². The van der Waals surface area contributed by atoms with E-state index in [2.05, 4.69) is 20.4 Å². The van der Waals surface area contributed by atoms with Gasteiger partial charge in [0.1, 0.15) is 6.17 Å². The number of hydrogen-bond acceptors (Lipinski definition) is 7. The third kappa shape index (κ3) is 3.85. The van der Waals surface area contributed by atoms with Gasteiger partial charge in [-0.1, -0.05) is 0 Å². The average molecular weight is 441 g/mol. The van der Waals surface area contributed by atoms with E-state index in [9.17, 15) is 5.11 Å². The van der Waals surface area contributed by atoms with Gasteiger partial charge in [-0.2, -0.15) is 5.10 Å². The number of aromatic nitrogens is 4. The summed E-state index contributed by atoms with van der Waals surface area (Å²) in [4.78, 5) is 11.2. The van der Waals surface area contributed by atoms with Crippen LogP contribution in [0.1, 0.15) is 29.2 Å². The number of nitrogens with one attached hydrogen (secondary N) is 1. The maximum Gasteiger partial charge on any atom is 0.227 e. The fourth-order valence-corrected chi connectivity index (χ4v) is 4.87.